The van der Waals surface area contributed by atoms with Crippen LogP contribution in [-0.2, 0) is 0 Å². The van der Waals surface area contributed by atoms with Gasteiger partial charge in [-0.1, -0.05) is 12.1 Å². The second-order valence-corrected chi connectivity index (χ2v) is 7.26. The van der Waals surface area contributed by atoms with Gasteiger partial charge in [-0.2, -0.15) is 5.10 Å². The van der Waals surface area contributed by atoms with Gasteiger partial charge in [-0.05, 0) is 43.9 Å². The third-order valence-electron chi connectivity index (χ3n) is 5.40. The molecule has 1 unspecified atom stereocenters. The molecule has 8 heteroatoms. The van der Waals surface area contributed by atoms with Crippen LogP contribution in [0.25, 0.3) is 33.9 Å². The molecule has 1 aromatic carbocycles. The molecule has 0 amide bonds. The van der Waals surface area contributed by atoms with Crippen LogP contribution in [0.15, 0.2) is 42.9 Å². The molecule has 142 valence electrons. The maximum absolute atomic E-state index is 14.6. The Hall–Kier alpha value is -3.13. The number of hydrogen-bond donors (Lipinski definition) is 2. The molecule has 5 rings (SSSR count). The van der Waals surface area contributed by atoms with E-state index >= 15 is 0 Å². The first kappa shape index (κ1) is 17.0. The van der Waals surface area contributed by atoms with E-state index in [0.717, 1.165) is 36.7 Å². The molecule has 1 saturated carbocycles. The molecule has 3 N–H and O–H groups in total. The summed E-state index contributed by atoms with van der Waals surface area (Å²) in [6.07, 6.45) is 7.04. The van der Waals surface area contributed by atoms with E-state index in [-0.39, 0.29) is 17.9 Å². The summed E-state index contributed by atoms with van der Waals surface area (Å²) < 4.78 is 16.7. The Morgan fingerprint density at radius 1 is 1.18 bits per heavy atom. The maximum Gasteiger partial charge on any atom is 0.174 e. The predicted octanol–water partition coefficient (Wildman–Crippen LogP) is 3.46. The highest BCUT2D eigenvalue weighted by Crippen LogP contribution is 2.36. The molecule has 1 aliphatic rings. The minimum atomic E-state index is -0.289. The minimum absolute atomic E-state index is 0.139. The number of imidazole rings is 1. The number of pyridine rings is 1. The Morgan fingerprint density at radius 3 is 2.86 bits per heavy atom. The van der Waals surface area contributed by atoms with Gasteiger partial charge in [0.1, 0.15) is 29.2 Å². The maximum atomic E-state index is 14.6. The van der Waals surface area contributed by atoms with E-state index in [0.29, 0.717) is 22.9 Å². The molecule has 0 aliphatic heterocycles. The topological polar surface area (TPSA) is 98.3 Å². The summed E-state index contributed by atoms with van der Waals surface area (Å²) in [7, 11) is 0. The largest absolute Gasteiger partial charge is 0.328 e. The lowest BCUT2D eigenvalue weighted by Crippen LogP contribution is -2.29. The van der Waals surface area contributed by atoms with Crippen LogP contribution in [0.3, 0.4) is 0 Å². The van der Waals surface area contributed by atoms with Crippen LogP contribution in [-0.4, -0.2) is 35.8 Å². The average molecular weight is 377 g/mol. The number of fused-ring (bicyclic) bond motifs is 1. The molecule has 0 spiro atoms. The first-order valence-corrected chi connectivity index (χ1v) is 9.45. The van der Waals surface area contributed by atoms with Gasteiger partial charge in [-0.25, -0.2) is 14.4 Å². The van der Waals surface area contributed by atoms with Gasteiger partial charge in [0.25, 0.3) is 0 Å². The van der Waals surface area contributed by atoms with Crippen molar-refractivity contribution < 1.29 is 4.39 Å². The Bertz CT molecular complexity index is 1120. The molecule has 4 aromatic rings. The third-order valence-corrected chi connectivity index (χ3v) is 5.40. The lowest BCUT2D eigenvalue weighted by molar-refractivity contribution is 0.327. The van der Waals surface area contributed by atoms with Crippen LogP contribution in [0.4, 0.5) is 4.39 Å². The molecule has 2 atom stereocenters. The number of rotatable bonds is 3. The highest BCUT2D eigenvalue weighted by atomic mass is 19.1. The highest BCUT2D eigenvalue weighted by Gasteiger charge is 2.27. The second-order valence-electron chi connectivity index (χ2n) is 7.26. The van der Waals surface area contributed by atoms with Gasteiger partial charge >= 0.3 is 0 Å². The number of halogens is 1. The van der Waals surface area contributed by atoms with Gasteiger partial charge in [0.2, 0.25) is 0 Å². The van der Waals surface area contributed by atoms with Crippen LogP contribution in [0, 0.1) is 5.82 Å². The smallest absolute Gasteiger partial charge is 0.174 e. The van der Waals surface area contributed by atoms with Crippen molar-refractivity contribution in [3.05, 3.63) is 48.7 Å². The van der Waals surface area contributed by atoms with Crippen molar-refractivity contribution in [1.82, 2.24) is 29.7 Å². The van der Waals surface area contributed by atoms with Gasteiger partial charge in [-0.3, -0.25) is 10.1 Å². The summed E-state index contributed by atoms with van der Waals surface area (Å²) in [6.45, 7) is 0. The lowest BCUT2D eigenvalue weighted by atomic mass is 9.91. The van der Waals surface area contributed by atoms with E-state index in [1.54, 1.807) is 18.3 Å². The number of nitrogens with zero attached hydrogens (tertiary/aromatic N) is 5. The van der Waals surface area contributed by atoms with Crippen molar-refractivity contribution in [2.75, 3.05) is 0 Å². The average Bonchev–Trinajstić information content (AvgIpc) is 3.36. The van der Waals surface area contributed by atoms with Crippen molar-refractivity contribution >= 4 is 11.0 Å². The molecule has 28 heavy (non-hydrogen) atoms. The number of hydrogen-bond acceptors (Lipinski definition) is 5. The molecule has 3 aromatic heterocycles. The number of H-pyrrole nitrogens is 1. The van der Waals surface area contributed by atoms with Crippen LogP contribution in [0.5, 0.6) is 0 Å². The van der Waals surface area contributed by atoms with Crippen LogP contribution in [0.1, 0.15) is 31.7 Å². The normalized spacial score (nSPS) is 19.9. The van der Waals surface area contributed by atoms with E-state index in [1.807, 2.05) is 12.1 Å². The van der Waals surface area contributed by atoms with Gasteiger partial charge in [0.05, 0.1) is 17.3 Å². The molecular formula is C20H20FN7. The van der Waals surface area contributed by atoms with Crippen molar-refractivity contribution in [2.24, 2.45) is 5.73 Å². The molecule has 3 heterocycles. The summed E-state index contributed by atoms with van der Waals surface area (Å²) in [6, 6.07) is 8.98. The van der Waals surface area contributed by atoms with E-state index in [9.17, 15) is 4.39 Å². The molecule has 7 nitrogen and oxygen atoms in total. The van der Waals surface area contributed by atoms with Gasteiger partial charge in [0.15, 0.2) is 5.82 Å². The van der Waals surface area contributed by atoms with Crippen LogP contribution < -0.4 is 5.73 Å². The fourth-order valence-electron chi connectivity index (χ4n) is 4.09. The number of aromatic amines is 1. The van der Waals surface area contributed by atoms with E-state index in [4.69, 9.17) is 10.7 Å². The number of nitrogens with two attached hydrogens (primary N) is 1. The number of aromatic nitrogens is 6. The van der Waals surface area contributed by atoms with E-state index < -0.39 is 0 Å². The number of nitrogens with one attached hydrogen (secondary N) is 1. The molecule has 1 aliphatic carbocycles. The quantitative estimate of drug-likeness (QED) is 0.570. The van der Waals surface area contributed by atoms with Crippen molar-refractivity contribution in [3.8, 4) is 22.9 Å². The Balaban J connectivity index is 1.74. The van der Waals surface area contributed by atoms with Crippen molar-refractivity contribution in [3.63, 3.8) is 0 Å². The molecule has 1 fully saturated rings. The summed E-state index contributed by atoms with van der Waals surface area (Å²) in [5, 5.41) is 6.74. The van der Waals surface area contributed by atoms with Crippen molar-refractivity contribution in [2.45, 2.75) is 37.8 Å². The first-order valence-electron chi connectivity index (χ1n) is 9.45. The zero-order valence-corrected chi connectivity index (χ0v) is 15.2. The minimum Gasteiger partial charge on any atom is -0.328 e. The fraction of sp³-hybridized carbons (Fsp3) is 0.300. The molecule has 0 radical (unpaired) electrons. The van der Waals surface area contributed by atoms with Crippen LogP contribution >= 0.6 is 0 Å². The van der Waals surface area contributed by atoms with Gasteiger partial charge < -0.3 is 10.3 Å². The monoisotopic (exact) mass is 377 g/mol. The Labute approximate surface area is 160 Å². The van der Waals surface area contributed by atoms with E-state index in [1.165, 1.54) is 12.4 Å². The molecule has 0 bridgehead atoms. The van der Waals surface area contributed by atoms with Gasteiger partial charge in [0, 0.05) is 12.1 Å². The zero-order valence-electron chi connectivity index (χ0n) is 15.2. The van der Waals surface area contributed by atoms with Gasteiger partial charge in [-0.15, -0.1) is 0 Å². The first-order chi connectivity index (χ1) is 13.7. The standard InChI is InChI=1S/C20H20FN7/c21-15-7-2-1-6-14(15)20-26-17-10-23-16(19-24-11-25-27-19)9-18(17)28(20)13-5-3-4-12(22)8-13/h1-2,6-7,9-13H,3-5,8,22H2,(H,24,25,27)/t12-,13?/m0/s1. The summed E-state index contributed by atoms with van der Waals surface area (Å²) in [5.41, 5.74) is 9.04. The van der Waals surface area contributed by atoms with Crippen LogP contribution in [0.2, 0.25) is 0 Å². The molecule has 0 saturated heterocycles. The zero-order chi connectivity index (χ0) is 19.1. The summed E-state index contributed by atoms with van der Waals surface area (Å²) in [4.78, 5) is 13.4. The van der Waals surface area contributed by atoms with Crippen molar-refractivity contribution in [1.29, 1.82) is 0 Å². The fourth-order valence-corrected chi connectivity index (χ4v) is 4.09. The lowest BCUT2D eigenvalue weighted by Gasteiger charge is -2.29. The molecular weight excluding hydrogens is 357 g/mol. The summed E-state index contributed by atoms with van der Waals surface area (Å²) >= 11 is 0. The second kappa shape index (κ2) is 6.79. The highest BCUT2D eigenvalue weighted by molar-refractivity contribution is 5.83. The predicted molar refractivity (Wildman–Crippen MR) is 104 cm³/mol. The third kappa shape index (κ3) is 2.86. The SMILES string of the molecule is N[C@H]1CCCC(n2c(-c3ccccc3F)nc3cnc(-c4ncn[nH]4)cc32)C1. The Morgan fingerprint density at radius 2 is 2.07 bits per heavy atom. The van der Waals surface area contributed by atoms with E-state index in [2.05, 4.69) is 24.7 Å². The summed E-state index contributed by atoms with van der Waals surface area (Å²) in [5.74, 6) is 0.911. The number of benzene rings is 1. The Kier molecular flexibility index (Phi) is 4.12.